The number of benzene rings is 1. The van der Waals surface area contributed by atoms with E-state index in [9.17, 15) is 23.7 Å². The van der Waals surface area contributed by atoms with Crippen LogP contribution in [0.25, 0.3) is 6.08 Å². The van der Waals surface area contributed by atoms with Crippen molar-refractivity contribution in [3.63, 3.8) is 0 Å². The van der Waals surface area contributed by atoms with E-state index in [1.807, 2.05) is 0 Å². The number of rotatable bonds is 6. The summed E-state index contributed by atoms with van der Waals surface area (Å²) in [7, 11) is 0. The number of carbonyl (C=O) groups excluding carboxylic acids is 1. The molecule has 0 bridgehead atoms. The molecule has 20 heavy (non-hydrogen) atoms. The predicted octanol–water partition coefficient (Wildman–Crippen LogP) is 1.35. The van der Waals surface area contributed by atoms with E-state index in [2.05, 4.69) is 5.32 Å². The Morgan fingerprint density at radius 1 is 1.50 bits per heavy atom. The molecule has 0 aliphatic heterocycles. The minimum absolute atomic E-state index is 0.124. The highest BCUT2D eigenvalue weighted by Crippen LogP contribution is 2.13. The summed E-state index contributed by atoms with van der Waals surface area (Å²) in [5.74, 6) is -0.684. The van der Waals surface area contributed by atoms with E-state index >= 15 is 0 Å². The summed E-state index contributed by atoms with van der Waals surface area (Å²) in [4.78, 5) is 21.2. The topological polar surface area (TPSA) is 92.5 Å². The maximum Gasteiger partial charge on any atom is 0.270 e. The fourth-order valence-corrected chi connectivity index (χ4v) is 1.27. The molecule has 0 aromatic heterocycles. The Bertz CT molecular complexity index is 520. The lowest BCUT2D eigenvalue weighted by atomic mass is 10.2. The van der Waals surface area contributed by atoms with Gasteiger partial charge in [0, 0.05) is 24.8 Å². The Morgan fingerprint density at radius 2 is 2.20 bits per heavy atom. The molecule has 108 valence electrons. The third kappa shape index (κ3) is 5.11. The first-order valence-electron chi connectivity index (χ1n) is 5.56. The van der Waals surface area contributed by atoms with Crippen molar-refractivity contribution in [2.75, 3.05) is 6.54 Å². The molecule has 6 nitrogen and oxygen atoms in total. The molecule has 1 unspecified atom stereocenters. The van der Waals surface area contributed by atoms with Gasteiger partial charge in [-0.3, -0.25) is 14.9 Å². The van der Waals surface area contributed by atoms with E-state index in [1.165, 1.54) is 24.3 Å². The third-order valence-corrected chi connectivity index (χ3v) is 2.28. The highest BCUT2D eigenvalue weighted by molar-refractivity contribution is 5.91. The molecule has 0 saturated carbocycles. The van der Waals surface area contributed by atoms with Crippen molar-refractivity contribution in [1.29, 1.82) is 0 Å². The first-order chi connectivity index (χ1) is 9.40. The van der Waals surface area contributed by atoms with Crippen LogP contribution in [0.5, 0.6) is 0 Å². The van der Waals surface area contributed by atoms with Gasteiger partial charge in [0.2, 0.25) is 5.91 Å². The molecule has 8 heteroatoms. The van der Waals surface area contributed by atoms with Crippen molar-refractivity contribution < 1.29 is 23.6 Å². The Morgan fingerprint density at radius 3 is 2.80 bits per heavy atom. The quantitative estimate of drug-likeness (QED) is 0.469. The zero-order valence-electron chi connectivity index (χ0n) is 10.2. The van der Waals surface area contributed by atoms with Gasteiger partial charge < -0.3 is 10.4 Å². The van der Waals surface area contributed by atoms with Gasteiger partial charge in [-0.25, -0.2) is 8.78 Å². The normalized spacial score (nSPS) is 12.6. The van der Waals surface area contributed by atoms with Crippen molar-refractivity contribution >= 4 is 17.7 Å². The Labute approximate surface area is 112 Å². The monoisotopic (exact) mass is 286 g/mol. The number of aliphatic hydroxyl groups excluding tert-OH is 1. The second-order valence-electron chi connectivity index (χ2n) is 3.83. The molecule has 0 heterocycles. The molecule has 0 aliphatic carbocycles. The minimum Gasteiger partial charge on any atom is -0.385 e. The second kappa shape index (κ2) is 7.29. The highest BCUT2D eigenvalue weighted by atomic mass is 19.3. The van der Waals surface area contributed by atoms with Crippen molar-refractivity contribution in [1.82, 2.24) is 5.32 Å². The molecule has 1 amide bonds. The van der Waals surface area contributed by atoms with Crippen LogP contribution in [0.4, 0.5) is 14.5 Å². The molecule has 1 aromatic carbocycles. The van der Waals surface area contributed by atoms with Crippen molar-refractivity contribution in [3.05, 3.63) is 46.0 Å². The molecule has 0 spiro atoms. The van der Waals surface area contributed by atoms with Gasteiger partial charge in [-0.1, -0.05) is 12.1 Å². The van der Waals surface area contributed by atoms with Gasteiger partial charge >= 0.3 is 0 Å². The van der Waals surface area contributed by atoms with E-state index in [1.54, 1.807) is 6.07 Å². The number of nitro groups is 1. The number of hydrogen-bond acceptors (Lipinski definition) is 4. The van der Waals surface area contributed by atoms with Crippen LogP contribution in [-0.2, 0) is 4.79 Å². The average molecular weight is 286 g/mol. The van der Waals surface area contributed by atoms with E-state index in [4.69, 9.17) is 5.11 Å². The van der Waals surface area contributed by atoms with Gasteiger partial charge in [-0.2, -0.15) is 0 Å². The maximum atomic E-state index is 12.0. The SMILES string of the molecule is O=C(/C=C/c1cccc([N+](=O)[O-])c1)NCC(O)C(F)F. The summed E-state index contributed by atoms with van der Waals surface area (Å²) in [6, 6.07) is 5.56. The summed E-state index contributed by atoms with van der Waals surface area (Å²) >= 11 is 0. The number of nitrogens with one attached hydrogen (secondary N) is 1. The zero-order chi connectivity index (χ0) is 15.1. The van der Waals surface area contributed by atoms with Gasteiger partial charge in [0.1, 0.15) is 6.10 Å². The molecule has 0 radical (unpaired) electrons. The van der Waals surface area contributed by atoms with Gasteiger partial charge in [-0.15, -0.1) is 0 Å². The molecule has 0 saturated heterocycles. The van der Waals surface area contributed by atoms with Crippen molar-refractivity contribution in [3.8, 4) is 0 Å². The van der Waals surface area contributed by atoms with E-state index in [0.717, 1.165) is 6.08 Å². The van der Waals surface area contributed by atoms with Crippen molar-refractivity contribution in [2.24, 2.45) is 0 Å². The van der Waals surface area contributed by atoms with Gasteiger partial charge in [0.15, 0.2) is 0 Å². The van der Waals surface area contributed by atoms with E-state index < -0.39 is 29.9 Å². The summed E-state index contributed by atoms with van der Waals surface area (Å²) in [5, 5.41) is 21.4. The third-order valence-electron chi connectivity index (χ3n) is 2.28. The van der Waals surface area contributed by atoms with E-state index in [-0.39, 0.29) is 5.69 Å². The fraction of sp³-hybridized carbons (Fsp3) is 0.250. The number of amides is 1. The van der Waals surface area contributed by atoms with Crippen molar-refractivity contribution in [2.45, 2.75) is 12.5 Å². The zero-order valence-corrected chi connectivity index (χ0v) is 10.2. The summed E-state index contributed by atoms with van der Waals surface area (Å²) in [6.07, 6.45) is -2.52. The molecule has 0 aliphatic rings. The first kappa shape index (κ1) is 15.7. The molecule has 1 atom stereocenters. The summed E-state index contributed by atoms with van der Waals surface area (Å²) in [6.45, 7) is -0.574. The molecule has 1 rings (SSSR count). The molecular formula is C12H12F2N2O4. The molecular weight excluding hydrogens is 274 g/mol. The van der Waals surface area contributed by atoms with Crippen LogP contribution in [0.1, 0.15) is 5.56 Å². The maximum absolute atomic E-state index is 12.0. The van der Waals surface area contributed by atoms with Crippen LogP contribution in [0.15, 0.2) is 30.3 Å². The van der Waals surface area contributed by atoms with Crippen LogP contribution in [0.3, 0.4) is 0 Å². The number of carbonyl (C=O) groups is 1. The smallest absolute Gasteiger partial charge is 0.270 e. The minimum atomic E-state index is -2.93. The second-order valence-corrected chi connectivity index (χ2v) is 3.83. The largest absolute Gasteiger partial charge is 0.385 e. The first-order valence-corrected chi connectivity index (χ1v) is 5.56. The molecule has 0 fully saturated rings. The van der Waals surface area contributed by atoms with E-state index in [0.29, 0.717) is 5.56 Å². The standard InChI is InChI=1S/C12H12F2N2O4/c13-12(14)10(17)7-15-11(18)5-4-8-2-1-3-9(6-8)16(19)20/h1-6,10,12,17H,7H2,(H,15,18)/b5-4+. The summed E-state index contributed by atoms with van der Waals surface area (Å²) in [5.41, 5.74) is 0.296. The Balaban J connectivity index is 2.57. The number of non-ortho nitro benzene ring substituents is 1. The van der Waals surface area contributed by atoms with Crippen LogP contribution in [0.2, 0.25) is 0 Å². The van der Waals surface area contributed by atoms with Gasteiger partial charge in [0.25, 0.3) is 12.1 Å². The fourth-order valence-electron chi connectivity index (χ4n) is 1.27. The van der Waals surface area contributed by atoms with Gasteiger partial charge in [0.05, 0.1) is 4.92 Å². The number of nitrogens with zero attached hydrogens (tertiary/aromatic N) is 1. The van der Waals surface area contributed by atoms with Crippen LogP contribution in [0, 0.1) is 10.1 Å². The number of halogens is 2. The number of alkyl halides is 2. The lowest BCUT2D eigenvalue weighted by Gasteiger charge is -2.08. The van der Waals surface area contributed by atoms with Gasteiger partial charge in [-0.05, 0) is 11.6 Å². The van der Waals surface area contributed by atoms with Crippen LogP contribution < -0.4 is 5.32 Å². The number of hydrogen-bond donors (Lipinski definition) is 2. The number of nitro benzene ring substituents is 1. The lowest BCUT2D eigenvalue weighted by molar-refractivity contribution is -0.384. The lowest BCUT2D eigenvalue weighted by Crippen LogP contribution is -2.34. The Hall–Kier alpha value is -2.35. The number of aliphatic hydroxyl groups is 1. The highest BCUT2D eigenvalue weighted by Gasteiger charge is 2.16. The average Bonchev–Trinajstić information content (AvgIpc) is 2.42. The molecule has 1 aromatic rings. The summed E-state index contributed by atoms with van der Waals surface area (Å²) < 4.78 is 23.9. The Kier molecular flexibility index (Phi) is 5.73. The van der Waals surface area contributed by atoms with Crippen LogP contribution >= 0.6 is 0 Å². The van der Waals surface area contributed by atoms with Crippen LogP contribution in [-0.4, -0.2) is 35.0 Å². The predicted molar refractivity (Wildman–Crippen MR) is 67.2 cm³/mol. The molecule has 2 N–H and O–H groups in total.